The Balaban J connectivity index is 2.97. The lowest BCUT2D eigenvalue weighted by atomic mass is 10.1. The fourth-order valence-corrected chi connectivity index (χ4v) is 2.07. The Kier molecular flexibility index (Phi) is 6.82. The molecule has 1 rings (SSSR count). The standard InChI is InChI=1S/C18H25NO4/c1-6-14(13(4)18(22)19(5)12(2)3)11-23-17-9-7-8-16(21)15(17)10-20/h7-10,12,21H,6,11H2,1-5H3. The lowest BCUT2D eigenvalue weighted by Crippen LogP contribution is -2.34. The molecule has 0 heterocycles. The highest BCUT2D eigenvalue weighted by atomic mass is 16.5. The van der Waals surface area contributed by atoms with Gasteiger partial charge < -0.3 is 14.7 Å². The normalized spacial score (nSPS) is 11.9. The van der Waals surface area contributed by atoms with Crippen molar-refractivity contribution in [2.75, 3.05) is 13.7 Å². The summed E-state index contributed by atoms with van der Waals surface area (Å²) >= 11 is 0. The second-order valence-electron chi connectivity index (χ2n) is 5.69. The van der Waals surface area contributed by atoms with Crippen molar-refractivity contribution >= 4 is 12.2 Å². The second kappa shape index (κ2) is 8.36. The van der Waals surface area contributed by atoms with E-state index in [9.17, 15) is 14.7 Å². The minimum Gasteiger partial charge on any atom is -0.507 e. The molecule has 0 bridgehead atoms. The van der Waals surface area contributed by atoms with Crippen molar-refractivity contribution in [1.29, 1.82) is 0 Å². The van der Waals surface area contributed by atoms with Crippen LogP contribution in [0.3, 0.4) is 0 Å². The van der Waals surface area contributed by atoms with E-state index in [1.165, 1.54) is 6.07 Å². The van der Waals surface area contributed by atoms with Gasteiger partial charge in [-0.3, -0.25) is 9.59 Å². The first-order chi connectivity index (χ1) is 10.8. The first-order valence-electron chi connectivity index (χ1n) is 7.69. The van der Waals surface area contributed by atoms with Crippen molar-refractivity contribution < 1.29 is 19.4 Å². The number of aromatic hydroxyl groups is 1. The summed E-state index contributed by atoms with van der Waals surface area (Å²) in [5, 5.41) is 9.66. The van der Waals surface area contributed by atoms with Gasteiger partial charge in [0.05, 0.1) is 5.56 Å². The summed E-state index contributed by atoms with van der Waals surface area (Å²) in [6.45, 7) is 7.84. The van der Waals surface area contributed by atoms with E-state index in [1.54, 1.807) is 31.0 Å². The molecule has 0 aliphatic heterocycles. The molecule has 0 unspecified atom stereocenters. The molecule has 1 aromatic carbocycles. The maximum Gasteiger partial charge on any atom is 0.249 e. The van der Waals surface area contributed by atoms with E-state index in [0.29, 0.717) is 24.0 Å². The van der Waals surface area contributed by atoms with Crippen molar-refractivity contribution in [3.8, 4) is 11.5 Å². The van der Waals surface area contributed by atoms with E-state index >= 15 is 0 Å². The number of likely N-dealkylation sites (N-methyl/N-ethyl adjacent to an activating group) is 1. The summed E-state index contributed by atoms with van der Waals surface area (Å²) in [6, 6.07) is 4.77. The average Bonchev–Trinajstić information content (AvgIpc) is 2.53. The number of aldehydes is 1. The van der Waals surface area contributed by atoms with Gasteiger partial charge in [-0.05, 0) is 44.9 Å². The number of hydrogen-bond acceptors (Lipinski definition) is 4. The molecule has 1 amide bonds. The molecule has 0 aliphatic rings. The molecule has 0 aromatic heterocycles. The van der Waals surface area contributed by atoms with Gasteiger partial charge in [-0.2, -0.15) is 0 Å². The van der Waals surface area contributed by atoms with Crippen LogP contribution in [-0.4, -0.2) is 41.9 Å². The topological polar surface area (TPSA) is 66.8 Å². The quantitative estimate of drug-likeness (QED) is 0.619. The highest BCUT2D eigenvalue weighted by molar-refractivity contribution is 5.93. The van der Waals surface area contributed by atoms with E-state index in [2.05, 4.69) is 0 Å². The third-order valence-corrected chi connectivity index (χ3v) is 3.94. The summed E-state index contributed by atoms with van der Waals surface area (Å²) in [4.78, 5) is 25.1. The number of hydrogen-bond donors (Lipinski definition) is 1. The van der Waals surface area contributed by atoms with E-state index < -0.39 is 0 Å². The first-order valence-corrected chi connectivity index (χ1v) is 7.69. The number of carbonyl (C=O) groups excluding carboxylic acids is 2. The fourth-order valence-electron chi connectivity index (χ4n) is 2.07. The van der Waals surface area contributed by atoms with Gasteiger partial charge in [0.15, 0.2) is 6.29 Å². The molecule has 126 valence electrons. The lowest BCUT2D eigenvalue weighted by Gasteiger charge is -2.23. The van der Waals surface area contributed by atoms with Gasteiger partial charge in [0.1, 0.15) is 18.1 Å². The zero-order valence-electron chi connectivity index (χ0n) is 14.4. The Labute approximate surface area is 137 Å². The number of phenols is 1. The SMILES string of the molecule is CCC(COc1cccc(O)c1C=O)=C(C)C(=O)N(C)C(C)C. The average molecular weight is 319 g/mol. The Bertz CT molecular complexity index is 605. The lowest BCUT2D eigenvalue weighted by molar-refractivity contribution is -0.127. The van der Waals surface area contributed by atoms with E-state index in [0.717, 1.165) is 5.57 Å². The first kappa shape index (κ1) is 18.7. The summed E-state index contributed by atoms with van der Waals surface area (Å²) in [5.74, 6) is 0.155. The van der Waals surface area contributed by atoms with Crippen molar-refractivity contribution in [2.45, 2.75) is 40.2 Å². The molecular weight excluding hydrogens is 294 g/mol. The molecule has 23 heavy (non-hydrogen) atoms. The van der Waals surface area contributed by atoms with E-state index in [1.807, 2.05) is 20.8 Å². The number of nitrogens with zero attached hydrogens (tertiary/aromatic N) is 1. The van der Waals surface area contributed by atoms with Crippen molar-refractivity contribution in [3.63, 3.8) is 0 Å². The zero-order chi connectivity index (χ0) is 17.6. The number of amides is 1. The van der Waals surface area contributed by atoms with Crippen molar-refractivity contribution in [1.82, 2.24) is 4.90 Å². The number of benzene rings is 1. The Morgan fingerprint density at radius 1 is 1.39 bits per heavy atom. The van der Waals surface area contributed by atoms with Crippen LogP contribution in [0.5, 0.6) is 11.5 Å². The van der Waals surface area contributed by atoms with Crippen LogP contribution in [0.25, 0.3) is 0 Å². The van der Waals surface area contributed by atoms with Crippen LogP contribution in [0.1, 0.15) is 44.5 Å². The van der Waals surface area contributed by atoms with Gasteiger partial charge in [-0.15, -0.1) is 0 Å². The zero-order valence-corrected chi connectivity index (χ0v) is 14.4. The van der Waals surface area contributed by atoms with E-state index in [4.69, 9.17) is 4.74 Å². The predicted octanol–water partition coefficient (Wildman–Crippen LogP) is 3.18. The molecule has 1 N–H and O–H groups in total. The Morgan fingerprint density at radius 3 is 2.57 bits per heavy atom. The van der Waals surface area contributed by atoms with Crippen LogP contribution >= 0.6 is 0 Å². The molecule has 1 aromatic rings. The Hall–Kier alpha value is -2.30. The number of phenolic OH excluding ortho intramolecular Hbond substituents is 1. The molecule has 0 aliphatic carbocycles. The number of ether oxygens (including phenoxy) is 1. The molecule has 5 nitrogen and oxygen atoms in total. The summed E-state index contributed by atoms with van der Waals surface area (Å²) in [6.07, 6.45) is 1.23. The van der Waals surface area contributed by atoms with Gasteiger partial charge >= 0.3 is 0 Å². The molecular formula is C18H25NO4. The molecule has 0 fully saturated rings. The smallest absolute Gasteiger partial charge is 0.249 e. The maximum absolute atomic E-state index is 12.4. The van der Waals surface area contributed by atoms with Gasteiger partial charge in [0.25, 0.3) is 0 Å². The maximum atomic E-state index is 12.4. The third kappa shape index (κ3) is 4.58. The Morgan fingerprint density at radius 2 is 2.04 bits per heavy atom. The highest BCUT2D eigenvalue weighted by Crippen LogP contribution is 2.26. The van der Waals surface area contributed by atoms with Crippen LogP contribution in [-0.2, 0) is 4.79 Å². The molecule has 0 atom stereocenters. The van der Waals surface area contributed by atoms with E-state index in [-0.39, 0.29) is 29.9 Å². The fraction of sp³-hybridized carbons (Fsp3) is 0.444. The molecule has 0 radical (unpaired) electrons. The monoisotopic (exact) mass is 319 g/mol. The van der Waals surface area contributed by atoms with Crippen molar-refractivity contribution in [3.05, 3.63) is 34.9 Å². The minimum atomic E-state index is -0.119. The van der Waals surface area contributed by atoms with Gasteiger partial charge in [-0.25, -0.2) is 0 Å². The number of carbonyl (C=O) groups is 2. The largest absolute Gasteiger partial charge is 0.507 e. The summed E-state index contributed by atoms with van der Waals surface area (Å²) in [5.41, 5.74) is 1.63. The molecule has 0 saturated heterocycles. The van der Waals surface area contributed by atoms with Crippen LogP contribution in [0.2, 0.25) is 0 Å². The second-order valence-corrected chi connectivity index (χ2v) is 5.69. The summed E-state index contributed by atoms with van der Waals surface area (Å²) < 4.78 is 5.65. The van der Waals surface area contributed by atoms with Crippen molar-refractivity contribution in [2.24, 2.45) is 0 Å². The van der Waals surface area contributed by atoms with Gasteiger partial charge in [0, 0.05) is 18.7 Å². The van der Waals surface area contributed by atoms with Gasteiger partial charge in [0.2, 0.25) is 5.91 Å². The molecule has 0 saturated carbocycles. The highest BCUT2D eigenvalue weighted by Gasteiger charge is 2.17. The van der Waals surface area contributed by atoms with Gasteiger partial charge in [-0.1, -0.05) is 13.0 Å². The van der Waals surface area contributed by atoms with Crippen LogP contribution in [0.15, 0.2) is 29.3 Å². The number of rotatable bonds is 7. The third-order valence-electron chi connectivity index (χ3n) is 3.94. The predicted molar refractivity (Wildman–Crippen MR) is 89.9 cm³/mol. The molecule has 5 heteroatoms. The minimum absolute atomic E-state index is 0.0352. The van der Waals surface area contributed by atoms with Crippen LogP contribution in [0.4, 0.5) is 0 Å². The molecule has 0 spiro atoms. The van der Waals surface area contributed by atoms with Crippen LogP contribution < -0.4 is 4.74 Å². The van der Waals surface area contributed by atoms with Crippen LogP contribution in [0, 0.1) is 0 Å². The summed E-state index contributed by atoms with van der Waals surface area (Å²) in [7, 11) is 1.77.